The summed E-state index contributed by atoms with van der Waals surface area (Å²) in [6.07, 6.45) is 0. The molecule has 1 heterocycles. The van der Waals surface area contributed by atoms with Crippen LogP contribution in [0.3, 0.4) is 0 Å². The van der Waals surface area contributed by atoms with Crippen molar-refractivity contribution in [2.45, 2.75) is 12.5 Å². The fourth-order valence-corrected chi connectivity index (χ4v) is 2.52. The minimum absolute atomic E-state index is 0.435. The summed E-state index contributed by atoms with van der Waals surface area (Å²) in [7, 11) is 0. The molecule has 1 unspecified atom stereocenters. The van der Waals surface area contributed by atoms with Crippen LogP contribution >= 0.6 is 11.6 Å². The summed E-state index contributed by atoms with van der Waals surface area (Å²) in [6, 6.07) is 12.2. The highest BCUT2D eigenvalue weighted by molar-refractivity contribution is 6.31. The number of para-hydroxylation sites is 1. The van der Waals surface area contributed by atoms with E-state index < -0.39 is 11.5 Å². The highest BCUT2D eigenvalue weighted by Gasteiger charge is 2.46. The fraction of sp³-hybridized carbons (Fsp3) is 0.133. The van der Waals surface area contributed by atoms with Crippen molar-refractivity contribution in [1.82, 2.24) is 0 Å². The van der Waals surface area contributed by atoms with E-state index in [0.717, 1.165) is 5.56 Å². The number of nitrogens with one attached hydrogen (secondary N) is 1. The third-order valence-corrected chi connectivity index (χ3v) is 3.89. The lowest BCUT2D eigenvalue weighted by Crippen LogP contribution is -2.35. The Morgan fingerprint density at radius 2 is 1.95 bits per heavy atom. The van der Waals surface area contributed by atoms with E-state index in [2.05, 4.69) is 5.32 Å². The van der Waals surface area contributed by atoms with Gasteiger partial charge >= 0.3 is 0 Å². The summed E-state index contributed by atoms with van der Waals surface area (Å²) in [5.74, 6) is -0.435. The normalized spacial score (nSPS) is 21.1. The van der Waals surface area contributed by atoms with Gasteiger partial charge in [-0.2, -0.15) is 0 Å². The molecule has 0 saturated carbocycles. The molecule has 2 N–H and O–H groups in total. The van der Waals surface area contributed by atoms with Crippen molar-refractivity contribution in [2.75, 3.05) is 5.32 Å². The molecule has 0 bridgehead atoms. The van der Waals surface area contributed by atoms with E-state index in [1.807, 2.05) is 13.0 Å². The second-order valence-corrected chi connectivity index (χ2v) is 5.08. The van der Waals surface area contributed by atoms with Gasteiger partial charge in [0, 0.05) is 16.3 Å². The Morgan fingerprint density at radius 1 is 1.21 bits per heavy atom. The Hall–Kier alpha value is -1.84. The summed E-state index contributed by atoms with van der Waals surface area (Å²) in [4.78, 5) is 12.2. The third kappa shape index (κ3) is 1.66. The number of halogens is 1. The molecule has 0 fully saturated rings. The lowest BCUT2D eigenvalue weighted by atomic mass is 9.87. The molecule has 2 aromatic rings. The molecule has 0 saturated heterocycles. The van der Waals surface area contributed by atoms with Gasteiger partial charge in [-0.3, -0.25) is 4.79 Å². The molecule has 4 heteroatoms. The molecule has 1 atom stereocenters. The zero-order chi connectivity index (χ0) is 13.6. The number of carbonyl (C=O) groups is 1. The van der Waals surface area contributed by atoms with Gasteiger partial charge in [-0.15, -0.1) is 0 Å². The molecule has 3 nitrogen and oxygen atoms in total. The zero-order valence-corrected chi connectivity index (χ0v) is 11.0. The molecule has 0 aromatic heterocycles. The van der Waals surface area contributed by atoms with Crippen LogP contribution in [0, 0.1) is 6.92 Å². The average Bonchev–Trinajstić information content (AvgIpc) is 2.66. The molecular weight excluding hydrogens is 262 g/mol. The third-order valence-electron chi connectivity index (χ3n) is 3.47. The number of carbonyl (C=O) groups excluding carboxylic acids is 1. The van der Waals surface area contributed by atoms with Crippen LogP contribution in [0.2, 0.25) is 5.02 Å². The average molecular weight is 274 g/mol. The largest absolute Gasteiger partial charge is 0.372 e. The van der Waals surface area contributed by atoms with E-state index in [1.54, 1.807) is 36.4 Å². The lowest BCUT2D eigenvalue weighted by Gasteiger charge is -2.22. The van der Waals surface area contributed by atoms with Gasteiger partial charge in [-0.05, 0) is 30.2 Å². The summed E-state index contributed by atoms with van der Waals surface area (Å²) in [6.45, 7) is 1.84. The van der Waals surface area contributed by atoms with Crippen LogP contribution in [0.1, 0.15) is 16.7 Å². The number of hydrogen-bond acceptors (Lipinski definition) is 2. The molecular formula is C15H12ClNO2. The molecule has 2 aromatic carbocycles. The van der Waals surface area contributed by atoms with Crippen molar-refractivity contribution in [3.8, 4) is 0 Å². The first-order valence-corrected chi connectivity index (χ1v) is 6.31. The Labute approximate surface area is 115 Å². The molecule has 1 aliphatic rings. The maximum atomic E-state index is 12.2. The number of rotatable bonds is 1. The molecule has 1 aliphatic heterocycles. The van der Waals surface area contributed by atoms with E-state index in [4.69, 9.17) is 11.6 Å². The predicted octanol–water partition coefficient (Wildman–Crippen LogP) is 2.84. The minimum atomic E-state index is -1.65. The van der Waals surface area contributed by atoms with Crippen molar-refractivity contribution in [1.29, 1.82) is 0 Å². The van der Waals surface area contributed by atoms with Crippen LogP contribution in [0.15, 0.2) is 42.5 Å². The molecule has 0 spiro atoms. The highest BCUT2D eigenvalue weighted by Crippen LogP contribution is 2.41. The number of aliphatic hydroxyl groups is 1. The molecule has 1 amide bonds. The van der Waals surface area contributed by atoms with Crippen LogP contribution in [0.5, 0.6) is 0 Å². The van der Waals surface area contributed by atoms with E-state index in [-0.39, 0.29) is 0 Å². The summed E-state index contributed by atoms with van der Waals surface area (Å²) in [5.41, 5.74) is 0.914. The standard InChI is InChI=1S/C15H12ClNO2/c1-9-8-10(6-7-12(9)16)15(19)11-4-2-3-5-13(11)17-14(15)18/h2-8,19H,1H3,(H,17,18). The number of benzene rings is 2. The van der Waals surface area contributed by atoms with Crippen LogP contribution < -0.4 is 5.32 Å². The van der Waals surface area contributed by atoms with Gasteiger partial charge in [-0.1, -0.05) is 41.9 Å². The molecule has 0 radical (unpaired) electrons. The molecule has 3 rings (SSSR count). The first-order chi connectivity index (χ1) is 9.03. The van der Waals surface area contributed by atoms with Gasteiger partial charge in [0.1, 0.15) is 0 Å². The van der Waals surface area contributed by atoms with Crippen LogP contribution in [0.25, 0.3) is 0 Å². The molecule has 96 valence electrons. The summed E-state index contributed by atoms with van der Waals surface area (Å²) < 4.78 is 0. The second-order valence-electron chi connectivity index (χ2n) is 4.67. The van der Waals surface area contributed by atoms with Gasteiger partial charge in [0.15, 0.2) is 5.60 Å². The Bertz CT molecular complexity index is 684. The number of fused-ring (bicyclic) bond motifs is 1. The monoisotopic (exact) mass is 273 g/mol. The maximum Gasteiger partial charge on any atom is 0.265 e. The summed E-state index contributed by atoms with van der Waals surface area (Å²) >= 11 is 5.99. The number of amides is 1. The first kappa shape index (κ1) is 12.2. The van der Waals surface area contributed by atoms with E-state index in [1.165, 1.54) is 0 Å². The van der Waals surface area contributed by atoms with Crippen LogP contribution in [-0.2, 0) is 10.4 Å². The predicted molar refractivity (Wildman–Crippen MR) is 74.3 cm³/mol. The Morgan fingerprint density at radius 3 is 2.68 bits per heavy atom. The van der Waals surface area contributed by atoms with Gasteiger partial charge in [0.2, 0.25) is 0 Å². The van der Waals surface area contributed by atoms with Gasteiger partial charge in [0.25, 0.3) is 5.91 Å². The van der Waals surface area contributed by atoms with Crippen molar-refractivity contribution in [3.05, 3.63) is 64.2 Å². The highest BCUT2D eigenvalue weighted by atomic mass is 35.5. The Balaban J connectivity index is 2.22. The maximum absolute atomic E-state index is 12.2. The van der Waals surface area contributed by atoms with Crippen molar-refractivity contribution < 1.29 is 9.90 Å². The van der Waals surface area contributed by atoms with E-state index in [0.29, 0.717) is 21.8 Å². The number of aryl methyl sites for hydroxylation is 1. The topological polar surface area (TPSA) is 49.3 Å². The number of anilines is 1. The SMILES string of the molecule is Cc1cc(C2(O)C(=O)Nc3ccccc32)ccc1Cl. The number of hydrogen-bond donors (Lipinski definition) is 2. The fourth-order valence-electron chi connectivity index (χ4n) is 2.40. The van der Waals surface area contributed by atoms with Crippen molar-refractivity contribution >= 4 is 23.2 Å². The van der Waals surface area contributed by atoms with Crippen LogP contribution in [-0.4, -0.2) is 11.0 Å². The summed E-state index contributed by atoms with van der Waals surface area (Å²) in [5, 5.41) is 14.2. The van der Waals surface area contributed by atoms with Crippen molar-refractivity contribution in [3.63, 3.8) is 0 Å². The van der Waals surface area contributed by atoms with E-state index >= 15 is 0 Å². The van der Waals surface area contributed by atoms with E-state index in [9.17, 15) is 9.90 Å². The zero-order valence-electron chi connectivity index (χ0n) is 10.3. The van der Waals surface area contributed by atoms with Gasteiger partial charge in [0.05, 0.1) is 0 Å². The molecule has 19 heavy (non-hydrogen) atoms. The first-order valence-electron chi connectivity index (χ1n) is 5.93. The molecule has 0 aliphatic carbocycles. The lowest BCUT2D eigenvalue weighted by molar-refractivity contribution is -0.129. The smallest absolute Gasteiger partial charge is 0.265 e. The Kier molecular flexibility index (Phi) is 2.62. The van der Waals surface area contributed by atoms with Gasteiger partial charge < -0.3 is 10.4 Å². The minimum Gasteiger partial charge on any atom is -0.372 e. The van der Waals surface area contributed by atoms with Gasteiger partial charge in [-0.25, -0.2) is 0 Å². The quantitative estimate of drug-likeness (QED) is 0.839. The van der Waals surface area contributed by atoms with Crippen LogP contribution in [0.4, 0.5) is 5.69 Å². The van der Waals surface area contributed by atoms with Crippen molar-refractivity contribution in [2.24, 2.45) is 0 Å². The second kappa shape index (κ2) is 4.08.